The molecule has 0 bridgehead atoms. The maximum absolute atomic E-state index is 11.6. The summed E-state index contributed by atoms with van der Waals surface area (Å²) in [7, 11) is -1.83. The second-order valence-corrected chi connectivity index (χ2v) is 5.72. The summed E-state index contributed by atoms with van der Waals surface area (Å²) in [6.07, 6.45) is 4.68. The largest absolute Gasteiger partial charge is 0.396 e. The first kappa shape index (κ1) is 15.8. The number of aliphatic hydroxyl groups excluding tert-OH is 1. The Morgan fingerprint density at radius 2 is 1.88 bits per heavy atom. The minimum absolute atomic E-state index is 0.0103. The zero-order valence-electron chi connectivity index (χ0n) is 10.3. The zero-order chi connectivity index (χ0) is 12.4. The van der Waals surface area contributed by atoms with E-state index in [0.29, 0.717) is 19.5 Å². The normalized spacial score (nSPS) is 12.2. The predicted octanol–water partition coefficient (Wildman–Crippen LogP) is 0.715. The van der Waals surface area contributed by atoms with Gasteiger partial charge in [-0.25, -0.2) is 4.72 Å². The fourth-order valence-electron chi connectivity index (χ4n) is 1.28. The van der Waals surface area contributed by atoms with Crippen LogP contribution in [-0.4, -0.2) is 44.6 Å². The molecular formula is C10H24N2O3S. The van der Waals surface area contributed by atoms with E-state index >= 15 is 0 Å². The molecule has 0 amide bonds. The molecule has 0 heterocycles. The molecule has 0 aliphatic rings. The Morgan fingerprint density at radius 1 is 1.19 bits per heavy atom. The van der Waals surface area contributed by atoms with Gasteiger partial charge in [-0.05, 0) is 12.8 Å². The van der Waals surface area contributed by atoms with Gasteiger partial charge in [0.05, 0.1) is 0 Å². The van der Waals surface area contributed by atoms with Crippen LogP contribution in [0.3, 0.4) is 0 Å². The first-order valence-electron chi connectivity index (χ1n) is 5.86. The summed E-state index contributed by atoms with van der Waals surface area (Å²) in [5, 5.41) is 8.61. The molecule has 0 aromatic rings. The smallest absolute Gasteiger partial charge is 0.279 e. The summed E-state index contributed by atoms with van der Waals surface area (Å²) >= 11 is 0. The number of hydrogen-bond donors (Lipinski definition) is 2. The quantitative estimate of drug-likeness (QED) is 0.563. The minimum atomic E-state index is -3.35. The summed E-state index contributed by atoms with van der Waals surface area (Å²) in [4.78, 5) is 0. The standard InChI is InChI=1S/C10H24N2O3S/c1-3-4-5-6-8-11-16(14,15)12(2)9-7-10-13/h11,13H,3-10H2,1-2H3. The molecule has 16 heavy (non-hydrogen) atoms. The highest BCUT2D eigenvalue weighted by Crippen LogP contribution is 1.99. The lowest BCUT2D eigenvalue weighted by atomic mass is 10.2. The lowest BCUT2D eigenvalue weighted by Crippen LogP contribution is -2.39. The molecule has 0 saturated carbocycles. The molecule has 0 fully saturated rings. The van der Waals surface area contributed by atoms with Gasteiger partial charge in [-0.15, -0.1) is 0 Å². The molecule has 6 heteroatoms. The number of rotatable bonds is 10. The third kappa shape index (κ3) is 7.16. The maximum atomic E-state index is 11.6. The SMILES string of the molecule is CCCCCCNS(=O)(=O)N(C)CCCO. The van der Waals surface area contributed by atoms with Crippen molar-refractivity contribution in [3.8, 4) is 0 Å². The van der Waals surface area contributed by atoms with Crippen molar-refractivity contribution in [2.24, 2.45) is 0 Å². The average molecular weight is 252 g/mol. The first-order valence-corrected chi connectivity index (χ1v) is 7.30. The van der Waals surface area contributed by atoms with Gasteiger partial charge in [0.25, 0.3) is 10.2 Å². The van der Waals surface area contributed by atoms with Gasteiger partial charge in [0.15, 0.2) is 0 Å². The summed E-state index contributed by atoms with van der Waals surface area (Å²) in [5.74, 6) is 0. The Morgan fingerprint density at radius 3 is 2.44 bits per heavy atom. The van der Waals surface area contributed by atoms with E-state index in [-0.39, 0.29) is 6.61 Å². The molecular weight excluding hydrogens is 228 g/mol. The molecule has 0 aromatic carbocycles. The molecule has 98 valence electrons. The van der Waals surface area contributed by atoms with Crippen LogP contribution in [0.25, 0.3) is 0 Å². The number of nitrogens with zero attached hydrogens (tertiary/aromatic N) is 1. The van der Waals surface area contributed by atoms with Crippen LogP contribution in [0.15, 0.2) is 0 Å². The molecule has 0 aromatic heterocycles. The van der Waals surface area contributed by atoms with Crippen molar-refractivity contribution in [1.29, 1.82) is 0 Å². The highest BCUT2D eigenvalue weighted by atomic mass is 32.2. The molecule has 0 aliphatic heterocycles. The van der Waals surface area contributed by atoms with E-state index in [9.17, 15) is 8.42 Å². The molecule has 5 nitrogen and oxygen atoms in total. The number of nitrogens with one attached hydrogen (secondary N) is 1. The number of hydrogen-bond acceptors (Lipinski definition) is 3. The molecule has 0 radical (unpaired) electrons. The Hall–Kier alpha value is -0.170. The first-order chi connectivity index (χ1) is 7.54. The average Bonchev–Trinajstić information content (AvgIpc) is 2.25. The van der Waals surface area contributed by atoms with Crippen molar-refractivity contribution in [2.45, 2.75) is 39.0 Å². The van der Waals surface area contributed by atoms with Crippen molar-refractivity contribution >= 4 is 10.2 Å². The summed E-state index contributed by atoms with van der Waals surface area (Å²) in [6, 6.07) is 0. The van der Waals surface area contributed by atoms with Gasteiger partial charge >= 0.3 is 0 Å². The second-order valence-electron chi connectivity index (χ2n) is 3.86. The van der Waals surface area contributed by atoms with Crippen molar-refractivity contribution in [2.75, 3.05) is 26.7 Å². The lowest BCUT2D eigenvalue weighted by molar-refractivity contribution is 0.275. The van der Waals surface area contributed by atoms with Crippen molar-refractivity contribution in [1.82, 2.24) is 9.03 Å². The van der Waals surface area contributed by atoms with E-state index in [1.807, 2.05) is 0 Å². The highest BCUT2D eigenvalue weighted by molar-refractivity contribution is 7.87. The van der Waals surface area contributed by atoms with Gasteiger partial charge in [0, 0.05) is 26.7 Å². The minimum Gasteiger partial charge on any atom is -0.396 e. The Kier molecular flexibility index (Phi) is 8.83. The lowest BCUT2D eigenvalue weighted by Gasteiger charge is -2.16. The molecule has 0 atom stereocenters. The molecule has 2 N–H and O–H groups in total. The fourth-order valence-corrected chi connectivity index (χ4v) is 2.27. The van der Waals surface area contributed by atoms with Gasteiger partial charge in [0.2, 0.25) is 0 Å². The highest BCUT2D eigenvalue weighted by Gasteiger charge is 2.15. The van der Waals surface area contributed by atoms with Crippen LogP contribution in [0.2, 0.25) is 0 Å². The van der Waals surface area contributed by atoms with Gasteiger partial charge in [-0.1, -0.05) is 26.2 Å². The van der Waals surface area contributed by atoms with E-state index in [4.69, 9.17) is 5.11 Å². The molecule has 0 saturated heterocycles. The van der Waals surface area contributed by atoms with E-state index in [1.54, 1.807) is 0 Å². The topological polar surface area (TPSA) is 69.6 Å². The van der Waals surface area contributed by atoms with Crippen LogP contribution < -0.4 is 4.72 Å². The zero-order valence-corrected chi connectivity index (χ0v) is 11.1. The van der Waals surface area contributed by atoms with E-state index in [1.165, 1.54) is 11.4 Å². The molecule has 0 unspecified atom stereocenters. The molecule has 0 aliphatic carbocycles. The van der Waals surface area contributed by atoms with Crippen molar-refractivity contribution in [3.05, 3.63) is 0 Å². The summed E-state index contributed by atoms with van der Waals surface area (Å²) in [6.45, 7) is 2.97. The third-order valence-electron chi connectivity index (χ3n) is 2.36. The van der Waals surface area contributed by atoms with E-state index in [2.05, 4.69) is 11.6 Å². The number of unbranched alkanes of at least 4 members (excludes halogenated alkanes) is 3. The molecule has 0 rings (SSSR count). The van der Waals surface area contributed by atoms with Crippen molar-refractivity contribution < 1.29 is 13.5 Å². The van der Waals surface area contributed by atoms with Crippen molar-refractivity contribution in [3.63, 3.8) is 0 Å². The van der Waals surface area contributed by atoms with Crippen LogP contribution in [-0.2, 0) is 10.2 Å². The number of aliphatic hydroxyl groups is 1. The van der Waals surface area contributed by atoms with Crippen LogP contribution >= 0.6 is 0 Å². The Labute approximate surface area is 99.0 Å². The van der Waals surface area contributed by atoms with E-state index in [0.717, 1.165) is 25.7 Å². The Balaban J connectivity index is 3.77. The molecule has 0 spiro atoms. The summed E-state index contributed by atoms with van der Waals surface area (Å²) in [5.41, 5.74) is 0. The van der Waals surface area contributed by atoms with Crippen LogP contribution in [0.5, 0.6) is 0 Å². The van der Waals surface area contributed by atoms with E-state index < -0.39 is 10.2 Å². The predicted molar refractivity (Wildman–Crippen MR) is 65.4 cm³/mol. The van der Waals surface area contributed by atoms with Crippen LogP contribution in [0.1, 0.15) is 39.0 Å². The van der Waals surface area contributed by atoms with Crippen LogP contribution in [0.4, 0.5) is 0 Å². The van der Waals surface area contributed by atoms with Gasteiger partial charge < -0.3 is 5.11 Å². The summed E-state index contributed by atoms with van der Waals surface area (Å²) < 4.78 is 27.0. The van der Waals surface area contributed by atoms with Gasteiger partial charge in [-0.3, -0.25) is 0 Å². The maximum Gasteiger partial charge on any atom is 0.279 e. The fraction of sp³-hybridized carbons (Fsp3) is 1.00. The van der Waals surface area contributed by atoms with Crippen LogP contribution in [0, 0.1) is 0 Å². The third-order valence-corrected chi connectivity index (χ3v) is 3.93. The monoisotopic (exact) mass is 252 g/mol. The van der Waals surface area contributed by atoms with Gasteiger partial charge in [-0.2, -0.15) is 12.7 Å². The Bertz CT molecular complexity index is 255. The van der Waals surface area contributed by atoms with Gasteiger partial charge in [0.1, 0.15) is 0 Å². The second kappa shape index (κ2) is 8.92.